The van der Waals surface area contributed by atoms with Gasteiger partial charge >= 0.3 is 0 Å². The SMILES string of the molecule is CS(=O)(=O)c1cccc(NC(=O)C23CC4CC(CC(C4)C2)C3)c1. The van der Waals surface area contributed by atoms with Crippen LogP contribution in [0.2, 0.25) is 0 Å². The number of amides is 1. The number of carbonyl (C=O) groups excluding carboxylic acids is 1. The average molecular weight is 333 g/mol. The van der Waals surface area contributed by atoms with Crippen LogP contribution in [0.5, 0.6) is 0 Å². The lowest BCUT2D eigenvalue weighted by molar-refractivity contribution is -0.140. The molecule has 124 valence electrons. The molecule has 0 aliphatic heterocycles. The van der Waals surface area contributed by atoms with E-state index in [4.69, 9.17) is 0 Å². The predicted octanol–water partition coefficient (Wildman–Crippen LogP) is 3.25. The standard InChI is InChI=1S/C18H23NO3S/c1-23(21,22)16-4-2-3-15(8-16)19-17(20)18-9-12-5-13(10-18)7-14(6-12)11-18/h2-4,8,12-14H,5-7,9-11H2,1H3,(H,19,20). The molecule has 5 heteroatoms. The fourth-order valence-electron chi connectivity index (χ4n) is 5.46. The molecule has 0 heterocycles. The molecule has 1 aromatic rings. The Hall–Kier alpha value is -1.36. The van der Waals surface area contributed by atoms with Crippen LogP contribution in [0.15, 0.2) is 29.2 Å². The molecule has 0 unspecified atom stereocenters. The van der Waals surface area contributed by atoms with Crippen LogP contribution in [0.25, 0.3) is 0 Å². The second kappa shape index (κ2) is 5.07. The van der Waals surface area contributed by atoms with Crippen molar-refractivity contribution in [3.63, 3.8) is 0 Å². The summed E-state index contributed by atoms with van der Waals surface area (Å²) in [6, 6.07) is 6.59. The Labute approximate surface area is 137 Å². The van der Waals surface area contributed by atoms with Crippen LogP contribution in [0.3, 0.4) is 0 Å². The van der Waals surface area contributed by atoms with Gasteiger partial charge in [-0.2, -0.15) is 0 Å². The van der Waals surface area contributed by atoms with E-state index in [9.17, 15) is 13.2 Å². The highest BCUT2D eigenvalue weighted by molar-refractivity contribution is 7.90. The van der Waals surface area contributed by atoms with Crippen LogP contribution in [-0.4, -0.2) is 20.6 Å². The number of benzene rings is 1. The predicted molar refractivity (Wildman–Crippen MR) is 88.8 cm³/mol. The topological polar surface area (TPSA) is 63.2 Å². The largest absolute Gasteiger partial charge is 0.326 e. The van der Waals surface area contributed by atoms with Crippen molar-refractivity contribution in [1.82, 2.24) is 0 Å². The number of hydrogen-bond donors (Lipinski definition) is 1. The smallest absolute Gasteiger partial charge is 0.230 e. The third-order valence-corrected chi connectivity index (χ3v) is 7.15. The van der Waals surface area contributed by atoms with Crippen molar-refractivity contribution in [3.05, 3.63) is 24.3 Å². The highest BCUT2D eigenvalue weighted by Gasteiger charge is 2.54. The van der Waals surface area contributed by atoms with Crippen molar-refractivity contribution in [1.29, 1.82) is 0 Å². The number of rotatable bonds is 3. The summed E-state index contributed by atoms with van der Waals surface area (Å²) >= 11 is 0. The third-order valence-electron chi connectivity index (χ3n) is 6.04. The molecular formula is C18H23NO3S. The Bertz CT molecular complexity index is 718. The minimum atomic E-state index is -3.26. The Balaban J connectivity index is 1.57. The molecule has 4 aliphatic rings. The van der Waals surface area contributed by atoms with Gasteiger partial charge in [0.2, 0.25) is 5.91 Å². The second-order valence-corrected chi connectivity index (χ2v) is 9.97. The van der Waals surface area contributed by atoms with E-state index in [1.165, 1.54) is 25.5 Å². The van der Waals surface area contributed by atoms with Gasteiger partial charge in [0.25, 0.3) is 0 Å². The van der Waals surface area contributed by atoms with Crippen LogP contribution in [-0.2, 0) is 14.6 Å². The zero-order valence-electron chi connectivity index (χ0n) is 13.4. The van der Waals surface area contributed by atoms with E-state index in [0.717, 1.165) is 19.3 Å². The fourth-order valence-corrected chi connectivity index (χ4v) is 6.12. The maximum atomic E-state index is 13.0. The fraction of sp³-hybridized carbons (Fsp3) is 0.611. The maximum Gasteiger partial charge on any atom is 0.230 e. The summed E-state index contributed by atoms with van der Waals surface area (Å²) in [7, 11) is -3.26. The quantitative estimate of drug-likeness (QED) is 0.923. The highest BCUT2D eigenvalue weighted by Crippen LogP contribution is 2.60. The molecule has 1 amide bonds. The van der Waals surface area contributed by atoms with Crippen molar-refractivity contribution in [2.24, 2.45) is 23.2 Å². The van der Waals surface area contributed by atoms with Gasteiger partial charge in [-0.25, -0.2) is 8.42 Å². The molecular weight excluding hydrogens is 310 g/mol. The van der Waals surface area contributed by atoms with Gasteiger partial charge in [0, 0.05) is 11.9 Å². The lowest BCUT2D eigenvalue weighted by Gasteiger charge is -2.55. The minimum Gasteiger partial charge on any atom is -0.326 e. The molecule has 0 atom stereocenters. The van der Waals surface area contributed by atoms with Gasteiger partial charge < -0.3 is 5.32 Å². The monoisotopic (exact) mass is 333 g/mol. The molecule has 4 saturated carbocycles. The van der Waals surface area contributed by atoms with Crippen LogP contribution in [0, 0.1) is 23.2 Å². The first-order valence-electron chi connectivity index (χ1n) is 8.46. The number of carbonyl (C=O) groups is 1. The van der Waals surface area contributed by atoms with Crippen molar-refractivity contribution in [2.45, 2.75) is 43.4 Å². The molecule has 0 saturated heterocycles. The van der Waals surface area contributed by atoms with E-state index in [-0.39, 0.29) is 16.2 Å². The highest BCUT2D eigenvalue weighted by atomic mass is 32.2. The van der Waals surface area contributed by atoms with Crippen molar-refractivity contribution < 1.29 is 13.2 Å². The molecule has 5 rings (SSSR count). The number of anilines is 1. The van der Waals surface area contributed by atoms with Gasteiger partial charge in [0.15, 0.2) is 9.84 Å². The van der Waals surface area contributed by atoms with E-state index in [2.05, 4.69) is 5.32 Å². The Morgan fingerprint density at radius 3 is 2.17 bits per heavy atom. The lowest BCUT2D eigenvalue weighted by atomic mass is 9.49. The molecule has 1 N–H and O–H groups in total. The second-order valence-electron chi connectivity index (χ2n) is 7.95. The molecule has 4 bridgehead atoms. The van der Waals surface area contributed by atoms with E-state index < -0.39 is 9.84 Å². The number of sulfone groups is 1. The molecule has 4 aliphatic carbocycles. The first-order chi connectivity index (χ1) is 10.8. The Morgan fingerprint density at radius 2 is 1.65 bits per heavy atom. The Morgan fingerprint density at radius 1 is 1.09 bits per heavy atom. The molecule has 0 spiro atoms. The third kappa shape index (κ3) is 2.69. The minimum absolute atomic E-state index is 0.0993. The molecule has 1 aromatic carbocycles. The van der Waals surface area contributed by atoms with E-state index >= 15 is 0 Å². The van der Waals surface area contributed by atoms with E-state index in [0.29, 0.717) is 23.4 Å². The lowest BCUT2D eigenvalue weighted by Crippen LogP contribution is -2.51. The van der Waals surface area contributed by atoms with Crippen LogP contribution < -0.4 is 5.32 Å². The van der Waals surface area contributed by atoms with Crippen LogP contribution in [0.4, 0.5) is 5.69 Å². The van der Waals surface area contributed by atoms with Gasteiger partial charge in [-0.05, 0) is 74.5 Å². The van der Waals surface area contributed by atoms with E-state index in [1.54, 1.807) is 24.3 Å². The summed E-state index contributed by atoms with van der Waals surface area (Å²) in [5.41, 5.74) is 0.379. The molecule has 4 nitrogen and oxygen atoms in total. The van der Waals surface area contributed by atoms with Crippen molar-refractivity contribution >= 4 is 21.4 Å². The average Bonchev–Trinajstić information content (AvgIpc) is 2.45. The van der Waals surface area contributed by atoms with Gasteiger partial charge in [-0.1, -0.05) is 6.07 Å². The number of hydrogen-bond acceptors (Lipinski definition) is 3. The maximum absolute atomic E-state index is 13.0. The Kier molecular flexibility index (Phi) is 3.34. The summed E-state index contributed by atoms with van der Waals surface area (Å²) in [4.78, 5) is 13.2. The van der Waals surface area contributed by atoms with Gasteiger partial charge in [0.1, 0.15) is 0 Å². The molecule has 23 heavy (non-hydrogen) atoms. The molecule has 4 fully saturated rings. The van der Waals surface area contributed by atoms with Crippen molar-refractivity contribution in [2.75, 3.05) is 11.6 Å². The van der Waals surface area contributed by atoms with Crippen molar-refractivity contribution in [3.8, 4) is 0 Å². The van der Waals surface area contributed by atoms with Crippen LogP contribution >= 0.6 is 0 Å². The zero-order valence-corrected chi connectivity index (χ0v) is 14.2. The zero-order chi connectivity index (χ0) is 16.2. The molecule has 0 radical (unpaired) electrons. The summed E-state index contributed by atoms with van der Waals surface area (Å²) in [6.07, 6.45) is 8.12. The summed E-state index contributed by atoms with van der Waals surface area (Å²) in [5.74, 6) is 2.25. The first kappa shape index (κ1) is 15.2. The molecule has 0 aromatic heterocycles. The number of nitrogens with one attached hydrogen (secondary N) is 1. The summed E-state index contributed by atoms with van der Waals surface area (Å²) < 4.78 is 23.4. The van der Waals surface area contributed by atoms with Gasteiger partial charge in [-0.3, -0.25) is 4.79 Å². The summed E-state index contributed by atoms with van der Waals surface area (Å²) in [5, 5.41) is 3.01. The summed E-state index contributed by atoms with van der Waals surface area (Å²) in [6.45, 7) is 0. The first-order valence-corrected chi connectivity index (χ1v) is 10.3. The van der Waals surface area contributed by atoms with Gasteiger partial charge in [-0.15, -0.1) is 0 Å². The van der Waals surface area contributed by atoms with Gasteiger partial charge in [0.05, 0.1) is 10.3 Å². The normalized spacial score (nSPS) is 35.3. The van der Waals surface area contributed by atoms with E-state index in [1.807, 2.05) is 0 Å². The van der Waals surface area contributed by atoms with Crippen LogP contribution in [0.1, 0.15) is 38.5 Å².